The molecule has 0 aromatic heterocycles. The molecule has 8 nitrogen and oxygen atoms in total. The molecule has 0 heterocycles. The van der Waals surface area contributed by atoms with E-state index in [0.717, 1.165) is 5.69 Å². The molecule has 27 heavy (non-hydrogen) atoms. The molecule has 0 saturated carbocycles. The van der Waals surface area contributed by atoms with E-state index in [1.807, 2.05) is 6.07 Å². The molecule has 0 bridgehead atoms. The molecular formula is C19H23N3O5. The number of anilines is 2. The number of benzene rings is 2. The summed E-state index contributed by atoms with van der Waals surface area (Å²) in [7, 11) is 0. The summed E-state index contributed by atoms with van der Waals surface area (Å²) < 4.78 is 10.7. The standard InChI is InChI=1S/C19H23N3O5/c1-19(2,3)27-18(23)21-15-7-4-6-14(12-15)20-10-11-26-17-9-5-8-16(13-17)22(24)25/h4-9,12-13,20H,10-11H2,1-3H3,(H,21,23). The lowest BCUT2D eigenvalue weighted by Gasteiger charge is -2.19. The molecule has 2 N–H and O–H groups in total. The molecule has 0 aliphatic rings. The van der Waals surface area contributed by atoms with Gasteiger partial charge in [0.25, 0.3) is 5.69 Å². The zero-order valence-corrected chi connectivity index (χ0v) is 15.5. The van der Waals surface area contributed by atoms with Gasteiger partial charge in [0.2, 0.25) is 0 Å². The SMILES string of the molecule is CC(C)(C)OC(=O)Nc1cccc(NCCOc2cccc([N+](=O)[O-])c2)c1. The van der Waals surface area contributed by atoms with Gasteiger partial charge in [-0.1, -0.05) is 12.1 Å². The van der Waals surface area contributed by atoms with E-state index in [1.54, 1.807) is 51.1 Å². The Hall–Kier alpha value is -3.29. The Morgan fingerprint density at radius 3 is 2.52 bits per heavy atom. The van der Waals surface area contributed by atoms with E-state index in [1.165, 1.54) is 12.1 Å². The van der Waals surface area contributed by atoms with Crippen LogP contribution in [0.5, 0.6) is 5.75 Å². The Morgan fingerprint density at radius 2 is 1.81 bits per heavy atom. The number of amides is 1. The van der Waals surface area contributed by atoms with Crippen molar-refractivity contribution >= 4 is 23.2 Å². The molecule has 2 aromatic rings. The van der Waals surface area contributed by atoms with Gasteiger partial charge in [-0.25, -0.2) is 4.79 Å². The highest BCUT2D eigenvalue weighted by atomic mass is 16.6. The third-order valence-electron chi connectivity index (χ3n) is 3.24. The van der Waals surface area contributed by atoms with Gasteiger partial charge >= 0.3 is 6.09 Å². The second-order valence-electron chi connectivity index (χ2n) is 6.74. The number of hydrogen-bond donors (Lipinski definition) is 2. The number of carbonyl (C=O) groups is 1. The number of rotatable bonds is 7. The molecule has 0 unspecified atom stereocenters. The van der Waals surface area contributed by atoms with Crippen molar-refractivity contribution < 1.29 is 19.2 Å². The van der Waals surface area contributed by atoms with E-state index < -0.39 is 16.6 Å². The number of nitrogens with one attached hydrogen (secondary N) is 2. The van der Waals surface area contributed by atoms with Gasteiger partial charge in [-0.15, -0.1) is 0 Å². The van der Waals surface area contributed by atoms with Crippen LogP contribution in [-0.4, -0.2) is 29.8 Å². The van der Waals surface area contributed by atoms with E-state index >= 15 is 0 Å². The normalized spacial score (nSPS) is 10.8. The lowest BCUT2D eigenvalue weighted by atomic mass is 10.2. The summed E-state index contributed by atoms with van der Waals surface area (Å²) in [6, 6.07) is 13.2. The Bertz CT molecular complexity index is 802. The topological polar surface area (TPSA) is 103 Å². The van der Waals surface area contributed by atoms with E-state index in [9.17, 15) is 14.9 Å². The number of hydrogen-bond acceptors (Lipinski definition) is 6. The van der Waals surface area contributed by atoms with Gasteiger partial charge in [0, 0.05) is 24.0 Å². The van der Waals surface area contributed by atoms with Crippen LogP contribution in [0.4, 0.5) is 21.9 Å². The van der Waals surface area contributed by atoms with Crippen molar-refractivity contribution in [3.05, 3.63) is 58.6 Å². The maximum Gasteiger partial charge on any atom is 0.412 e. The molecule has 0 radical (unpaired) electrons. The molecular weight excluding hydrogens is 350 g/mol. The van der Waals surface area contributed by atoms with E-state index in [-0.39, 0.29) is 5.69 Å². The van der Waals surface area contributed by atoms with E-state index in [4.69, 9.17) is 9.47 Å². The van der Waals surface area contributed by atoms with Gasteiger partial charge in [0.15, 0.2) is 0 Å². The monoisotopic (exact) mass is 373 g/mol. The van der Waals surface area contributed by atoms with E-state index in [0.29, 0.717) is 24.6 Å². The van der Waals surface area contributed by atoms with Crippen molar-refractivity contribution in [1.82, 2.24) is 0 Å². The average Bonchev–Trinajstić information content (AvgIpc) is 2.57. The Labute approximate surface area is 157 Å². The van der Waals surface area contributed by atoms with E-state index in [2.05, 4.69) is 10.6 Å². The minimum absolute atomic E-state index is 0.0126. The minimum atomic E-state index is -0.566. The van der Waals surface area contributed by atoms with Crippen molar-refractivity contribution in [2.45, 2.75) is 26.4 Å². The molecule has 0 aliphatic heterocycles. The molecule has 1 amide bonds. The molecule has 0 saturated heterocycles. The first-order valence-corrected chi connectivity index (χ1v) is 8.44. The van der Waals surface area contributed by atoms with Crippen molar-refractivity contribution in [2.75, 3.05) is 23.8 Å². The second-order valence-corrected chi connectivity index (χ2v) is 6.74. The van der Waals surface area contributed by atoms with Gasteiger partial charge in [0.1, 0.15) is 18.0 Å². The van der Waals surface area contributed by atoms with Crippen LogP contribution in [0.25, 0.3) is 0 Å². The lowest BCUT2D eigenvalue weighted by molar-refractivity contribution is -0.384. The molecule has 0 spiro atoms. The quantitative estimate of drug-likeness (QED) is 0.423. The molecule has 2 aromatic carbocycles. The predicted molar refractivity (Wildman–Crippen MR) is 103 cm³/mol. The Kier molecular flexibility index (Phi) is 6.59. The van der Waals surface area contributed by atoms with Crippen LogP contribution in [-0.2, 0) is 4.74 Å². The van der Waals surface area contributed by atoms with Crippen molar-refractivity contribution in [3.8, 4) is 5.75 Å². The zero-order chi connectivity index (χ0) is 19.9. The summed E-state index contributed by atoms with van der Waals surface area (Å²) in [5, 5.41) is 16.6. The van der Waals surface area contributed by atoms with Gasteiger partial charge in [-0.05, 0) is 45.0 Å². The maximum atomic E-state index is 11.8. The van der Waals surface area contributed by atoms with Gasteiger partial charge in [0.05, 0.1) is 11.0 Å². The van der Waals surface area contributed by atoms with Crippen LogP contribution in [0.3, 0.4) is 0 Å². The van der Waals surface area contributed by atoms with Crippen molar-refractivity contribution in [2.24, 2.45) is 0 Å². The number of nitrogens with zero attached hydrogens (tertiary/aromatic N) is 1. The highest BCUT2D eigenvalue weighted by molar-refractivity contribution is 5.85. The smallest absolute Gasteiger partial charge is 0.412 e. The van der Waals surface area contributed by atoms with Crippen molar-refractivity contribution in [1.29, 1.82) is 0 Å². The summed E-state index contributed by atoms with van der Waals surface area (Å²) in [5.74, 6) is 0.436. The first-order chi connectivity index (χ1) is 12.7. The van der Waals surface area contributed by atoms with Crippen LogP contribution in [0.1, 0.15) is 20.8 Å². The Morgan fingerprint density at radius 1 is 1.11 bits per heavy atom. The lowest BCUT2D eigenvalue weighted by Crippen LogP contribution is -2.27. The van der Waals surface area contributed by atoms with Crippen LogP contribution in [0, 0.1) is 10.1 Å². The average molecular weight is 373 g/mol. The fourth-order valence-corrected chi connectivity index (χ4v) is 2.18. The fraction of sp³-hybridized carbons (Fsp3) is 0.316. The first kappa shape index (κ1) is 20.0. The summed E-state index contributed by atoms with van der Waals surface area (Å²) in [5.41, 5.74) is 0.825. The summed E-state index contributed by atoms with van der Waals surface area (Å²) in [4.78, 5) is 22.1. The van der Waals surface area contributed by atoms with Gasteiger partial charge < -0.3 is 14.8 Å². The number of nitro benzene ring substituents is 1. The third-order valence-corrected chi connectivity index (χ3v) is 3.24. The largest absolute Gasteiger partial charge is 0.491 e. The van der Waals surface area contributed by atoms with Crippen molar-refractivity contribution in [3.63, 3.8) is 0 Å². The third kappa shape index (κ3) is 7.23. The zero-order valence-electron chi connectivity index (χ0n) is 15.5. The molecule has 2 rings (SSSR count). The van der Waals surface area contributed by atoms with Gasteiger partial charge in [-0.2, -0.15) is 0 Å². The molecule has 144 valence electrons. The first-order valence-electron chi connectivity index (χ1n) is 8.44. The van der Waals surface area contributed by atoms with Crippen LogP contribution < -0.4 is 15.4 Å². The molecule has 0 aliphatic carbocycles. The number of carbonyl (C=O) groups excluding carboxylic acids is 1. The predicted octanol–water partition coefficient (Wildman–Crippen LogP) is 4.43. The van der Waals surface area contributed by atoms with Crippen LogP contribution in [0.2, 0.25) is 0 Å². The highest BCUT2D eigenvalue weighted by Gasteiger charge is 2.16. The summed E-state index contributed by atoms with van der Waals surface area (Å²) in [6.45, 7) is 6.20. The molecule has 0 fully saturated rings. The maximum absolute atomic E-state index is 11.8. The fourth-order valence-electron chi connectivity index (χ4n) is 2.18. The Balaban J connectivity index is 1.82. The van der Waals surface area contributed by atoms with Crippen LogP contribution in [0.15, 0.2) is 48.5 Å². The van der Waals surface area contributed by atoms with Crippen LogP contribution >= 0.6 is 0 Å². The number of nitro groups is 1. The molecule has 0 atom stereocenters. The van der Waals surface area contributed by atoms with Gasteiger partial charge in [-0.3, -0.25) is 15.4 Å². The summed E-state index contributed by atoms with van der Waals surface area (Å²) >= 11 is 0. The second kappa shape index (κ2) is 8.88. The molecule has 8 heteroatoms. The number of non-ortho nitro benzene ring substituents is 1. The summed E-state index contributed by atoms with van der Waals surface area (Å²) in [6.07, 6.45) is -0.520. The minimum Gasteiger partial charge on any atom is -0.491 e. The number of ether oxygens (including phenoxy) is 2. The highest BCUT2D eigenvalue weighted by Crippen LogP contribution is 2.19.